The Morgan fingerprint density at radius 1 is 0.512 bits per heavy atom. The normalized spacial score (nSPS) is 9.80. The zero-order chi connectivity index (χ0) is 28.7. The first-order chi connectivity index (χ1) is 19.4. The van der Waals surface area contributed by atoms with Gasteiger partial charge >= 0.3 is 0 Å². The number of nitrogens with zero attached hydrogens (tertiary/aromatic N) is 3. The Kier molecular flexibility index (Phi) is 13.5. The second-order valence-electron chi connectivity index (χ2n) is 8.84. The first kappa shape index (κ1) is 32.4. The van der Waals surface area contributed by atoms with Crippen molar-refractivity contribution < 1.29 is 43.3 Å². The van der Waals surface area contributed by atoms with Gasteiger partial charge in [0, 0.05) is 16.7 Å². The van der Waals surface area contributed by atoms with Gasteiger partial charge in [0.25, 0.3) is 17.7 Å². The minimum Gasteiger partial charge on any atom is -1.00 e. The van der Waals surface area contributed by atoms with Gasteiger partial charge in [-0.2, -0.15) is 15.8 Å². The second-order valence-corrected chi connectivity index (χ2v) is 8.84. The average molecular weight is 662 g/mol. The van der Waals surface area contributed by atoms with Crippen molar-refractivity contribution in [2.24, 2.45) is 0 Å². The number of benzene rings is 3. The van der Waals surface area contributed by atoms with E-state index in [2.05, 4.69) is 16.0 Å². The van der Waals surface area contributed by atoms with Gasteiger partial charge in [-0.15, -0.1) is 0 Å². The average Bonchev–Trinajstić information content (AvgIpc) is 3.00. The molecule has 0 spiro atoms. The van der Waals surface area contributed by atoms with Crippen molar-refractivity contribution >= 4 is 17.7 Å². The van der Waals surface area contributed by atoms with Crippen molar-refractivity contribution in [1.82, 2.24) is 16.0 Å². The molecule has 0 atom stereocenters. The third-order valence-corrected chi connectivity index (χ3v) is 6.12. The molecule has 0 aliphatic heterocycles. The summed E-state index contributed by atoms with van der Waals surface area (Å²) in [6, 6.07) is 25.1. The number of amides is 3. The third-order valence-electron chi connectivity index (χ3n) is 6.12. The minimum absolute atomic E-state index is 0. The van der Waals surface area contributed by atoms with Crippen LogP contribution in [0.2, 0.25) is 0 Å². The fraction of sp³-hybridized carbons (Fsp3) is 0.200. The van der Waals surface area contributed by atoms with E-state index in [1.54, 1.807) is 72.8 Å². The molecule has 0 aliphatic carbocycles. The number of carbonyl (C=O) groups is 3. The summed E-state index contributed by atoms with van der Waals surface area (Å²) < 4.78 is 0. The number of quaternary nitrogens is 1. The van der Waals surface area contributed by atoms with E-state index >= 15 is 0 Å². The summed E-state index contributed by atoms with van der Waals surface area (Å²) in [5.41, 5.74) is 2.76. The van der Waals surface area contributed by atoms with Crippen LogP contribution in [0, 0.1) is 34.0 Å². The van der Waals surface area contributed by atoms with Gasteiger partial charge in [-0.25, -0.2) is 0 Å². The van der Waals surface area contributed by atoms with Crippen LogP contribution in [0.1, 0.15) is 47.8 Å². The summed E-state index contributed by atoms with van der Waals surface area (Å²) in [6.45, 7) is 2.72. The van der Waals surface area contributed by atoms with E-state index in [0.29, 0.717) is 72.6 Å². The third kappa shape index (κ3) is 10.4. The molecule has 0 bridgehead atoms. The van der Waals surface area contributed by atoms with Crippen LogP contribution in [0.25, 0.3) is 0 Å². The topological polar surface area (TPSA) is 163 Å². The largest absolute Gasteiger partial charge is 1.00 e. The van der Waals surface area contributed by atoms with Crippen molar-refractivity contribution in [1.29, 1.82) is 15.8 Å². The lowest BCUT2D eigenvalue weighted by atomic mass is 10.1. The molecule has 3 aromatic carbocycles. The molecule has 3 aromatic rings. The highest BCUT2D eigenvalue weighted by Gasteiger charge is 2.13. The second kappa shape index (κ2) is 17.0. The first-order valence-corrected chi connectivity index (χ1v) is 12.6. The fourth-order valence-corrected chi connectivity index (χ4v) is 3.83. The van der Waals surface area contributed by atoms with Crippen LogP contribution in [-0.4, -0.2) is 57.0 Å². The molecule has 3 rings (SSSR count). The predicted molar refractivity (Wildman–Crippen MR) is 146 cm³/mol. The molecule has 0 unspecified atom stereocenters. The Morgan fingerprint density at radius 3 is 0.976 bits per heavy atom. The highest BCUT2D eigenvalue weighted by atomic mass is 127. The van der Waals surface area contributed by atoms with E-state index in [0.717, 1.165) is 4.90 Å². The summed E-state index contributed by atoms with van der Waals surface area (Å²) in [5, 5.41) is 35.4. The molecule has 4 N–H and O–H groups in total. The zero-order valence-corrected chi connectivity index (χ0v) is 24.3. The lowest BCUT2D eigenvalue weighted by Gasteiger charge is -2.20. The van der Waals surface area contributed by atoms with Crippen molar-refractivity contribution in [3.63, 3.8) is 0 Å². The van der Waals surface area contributed by atoms with Gasteiger partial charge in [-0.3, -0.25) is 14.4 Å². The van der Waals surface area contributed by atoms with E-state index in [4.69, 9.17) is 15.8 Å². The van der Waals surface area contributed by atoms with E-state index in [1.807, 2.05) is 18.2 Å². The van der Waals surface area contributed by atoms with E-state index < -0.39 is 0 Å². The monoisotopic (exact) mass is 661 g/mol. The van der Waals surface area contributed by atoms with Gasteiger partial charge < -0.3 is 44.8 Å². The molecule has 0 radical (unpaired) electrons. The maximum absolute atomic E-state index is 12.5. The van der Waals surface area contributed by atoms with Crippen molar-refractivity contribution in [3.05, 3.63) is 106 Å². The first-order valence-electron chi connectivity index (χ1n) is 12.6. The van der Waals surface area contributed by atoms with Gasteiger partial charge in [0.05, 0.1) is 74.2 Å². The summed E-state index contributed by atoms with van der Waals surface area (Å²) in [7, 11) is 0. The van der Waals surface area contributed by atoms with Gasteiger partial charge in [0.1, 0.15) is 0 Å². The van der Waals surface area contributed by atoms with E-state index in [9.17, 15) is 14.4 Å². The molecule has 0 aliphatic rings. The quantitative estimate of drug-likeness (QED) is 0.161. The Labute approximate surface area is 255 Å². The van der Waals surface area contributed by atoms with Crippen molar-refractivity contribution in [2.45, 2.75) is 0 Å². The number of nitrogens with one attached hydrogen (secondary N) is 4. The molecule has 0 saturated heterocycles. The lowest BCUT2D eigenvalue weighted by Crippen LogP contribution is -3.14. The van der Waals surface area contributed by atoms with Gasteiger partial charge in [-0.05, 0) is 72.8 Å². The van der Waals surface area contributed by atoms with Gasteiger partial charge in [-0.1, -0.05) is 0 Å². The maximum Gasteiger partial charge on any atom is 0.251 e. The number of carbonyl (C=O) groups excluding carboxylic acids is 3. The van der Waals surface area contributed by atoms with Crippen LogP contribution < -0.4 is 44.8 Å². The number of rotatable bonds is 12. The summed E-state index contributed by atoms with van der Waals surface area (Å²) >= 11 is 0. The molecule has 11 heteroatoms. The van der Waals surface area contributed by atoms with Gasteiger partial charge in [0.2, 0.25) is 0 Å². The van der Waals surface area contributed by atoms with Crippen LogP contribution >= 0.6 is 0 Å². The van der Waals surface area contributed by atoms with Crippen LogP contribution in [0.15, 0.2) is 72.8 Å². The molecular weight excluding hydrogens is 633 g/mol. The minimum atomic E-state index is -0.257. The molecule has 208 valence electrons. The smallest absolute Gasteiger partial charge is 0.251 e. The number of hydrogen-bond acceptors (Lipinski definition) is 6. The molecule has 0 saturated carbocycles. The van der Waals surface area contributed by atoms with Crippen LogP contribution in [0.5, 0.6) is 0 Å². The Hall–Kier alpha value is -4.77. The zero-order valence-electron chi connectivity index (χ0n) is 22.1. The van der Waals surface area contributed by atoms with Crippen molar-refractivity contribution in [3.8, 4) is 18.2 Å². The summed E-state index contributed by atoms with van der Waals surface area (Å²) in [5.74, 6) is -0.772. The molecule has 3 amide bonds. The number of halogens is 1. The molecule has 0 fully saturated rings. The number of hydrogen-bond donors (Lipinski definition) is 4. The van der Waals surface area contributed by atoms with E-state index in [-0.39, 0.29) is 41.7 Å². The molecule has 41 heavy (non-hydrogen) atoms. The molecule has 0 aromatic heterocycles. The Balaban J connectivity index is 0.00000588. The summed E-state index contributed by atoms with van der Waals surface area (Å²) in [6.07, 6.45) is 0. The molecular formula is C30H28IN7O3. The SMILES string of the molecule is N#Cc1ccc(C(=O)NCC[NH+](CCNC(=O)c2ccc(C#N)cc2)CCNC(=O)c2ccc(C#N)cc2)cc1.[I-]. The molecule has 0 heterocycles. The predicted octanol–water partition coefficient (Wildman–Crippen LogP) is -2.22. The van der Waals surface area contributed by atoms with Crippen LogP contribution in [0.3, 0.4) is 0 Å². The standard InChI is InChI=1S/C30H27N7O3.HI/c31-19-22-1-7-25(8-2-22)28(38)34-13-16-37(17-14-35-29(39)26-9-3-23(20-32)4-10-26)18-15-36-30(40)27-11-5-24(21-33)6-12-27;/h1-12H,13-18H2,(H,34,38)(H,35,39)(H,36,40);1H. The molecule has 10 nitrogen and oxygen atoms in total. The van der Waals surface area contributed by atoms with Crippen molar-refractivity contribution in [2.75, 3.05) is 39.3 Å². The number of nitriles is 3. The maximum atomic E-state index is 12.5. The van der Waals surface area contributed by atoms with Crippen LogP contribution in [-0.2, 0) is 0 Å². The van der Waals surface area contributed by atoms with E-state index in [1.165, 1.54) is 0 Å². The van der Waals surface area contributed by atoms with Gasteiger partial charge in [0.15, 0.2) is 0 Å². The fourth-order valence-electron chi connectivity index (χ4n) is 3.83. The highest BCUT2D eigenvalue weighted by Crippen LogP contribution is 2.04. The lowest BCUT2D eigenvalue weighted by molar-refractivity contribution is -0.896. The summed E-state index contributed by atoms with van der Waals surface area (Å²) in [4.78, 5) is 38.5. The highest BCUT2D eigenvalue weighted by molar-refractivity contribution is 5.95. The Morgan fingerprint density at radius 2 is 0.756 bits per heavy atom. The van der Waals surface area contributed by atoms with Crippen LogP contribution in [0.4, 0.5) is 0 Å². The Bertz CT molecular complexity index is 1270.